The van der Waals surface area contributed by atoms with Crippen LogP contribution in [-0.4, -0.2) is 10.6 Å². The normalized spacial score (nSPS) is 12.4. The molecule has 0 aliphatic carbocycles. The molecule has 0 aromatic carbocycles. The number of carbonyl (C=O) groups excluding carboxylic acids is 1. The predicted molar refractivity (Wildman–Crippen MR) is 30.8 cm³/mol. The van der Waals surface area contributed by atoms with Gasteiger partial charge in [-0.25, -0.2) is 0 Å². The van der Waals surface area contributed by atoms with E-state index in [4.69, 9.17) is 23.2 Å². The number of halogens is 4. The van der Waals surface area contributed by atoms with Gasteiger partial charge in [0.25, 0.3) is 6.08 Å². The summed E-state index contributed by atoms with van der Waals surface area (Å²) in [5.74, 6) is 0. The molecule has 1 unspecified atom stereocenters. The first-order valence-electron chi connectivity index (χ1n) is 1.90. The van der Waals surface area contributed by atoms with E-state index in [9.17, 15) is 13.6 Å². The molecule has 0 N–H and O–H groups in total. The van der Waals surface area contributed by atoms with Crippen LogP contribution in [0.25, 0.3) is 0 Å². The van der Waals surface area contributed by atoms with Crippen molar-refractivity contribution in [2.45, 2.75) is 5.38 Å². The van der Waals surface area contributed by atoms with E-state index in [1.54, 1.807) is 0 Å². The van der Waals surface area contributed by atoms with Crippen molar-refractivity contribution in [1.82, 2.24) is 0 Å². The molecular formula is C4H2Cl2F2O. The lowest BCUT2D eigenvalue weighted by Crippen LogP contribution is -2.02. The van der Waals surface area contributed by atoms with Crippen LogP contribution in [0, 0.1) is 0 Å². The molecule has 52 valence electrons. The van der Waals surface area contributed by atoms with Crippen molar-refractivity contribution in [2.75, 3.05) is 0 Å². The summed E-state index contributed by atoms with van der Waals surface area (Å²) in [6.45, 7) is 0. The Bertz CT molecular complexity index is 142. The van der Waals surface area contributed by atoms with Gasteiger partial charge in [0.2, 0.25) is 5.24 Å². The highest BCUT2D eigenvalue weighted by Crippen LogP contribution is 2.07. The quantitative estimate of drug-likeness (QED) is 0.464. The summed E-state index contributed by atoms with van der Waals surface area (Å²) in [6, 6.07) is 0. The van der Waals surface area contributed by atoms with E-state index in [0.717, 1.165) is 0 Å². The van der Waals surface area contributed by atoms with Gasteiger partial charge in [-0.2, -0.15) is 8.78 Å². The number of hydrogen-bond acceptors (Lipinski definition) is 1. The molecule has 0 spiro atoms. The SMILES string of the molecule is O=C(Cl)C(Cl)C=C(F)F. The average Bonchev–Trinajstić information content (AvgIpc) is 1.63. The number of allylic oxidation sites excluding steroid dienone is 1. The van der Waals surface area contributed by atoms with Gasteiger partial charge >= 0.3 is 0 Å². The van der Waals surface area contributed by atoms with Crippen LogP contribution in [0.3, 0.4) is 0 Å². The van der Waals surface area contributed by atoms with Gasteiger partial charge in [-0.1, -0.05) is 0 Å². The average molecular weight is 175 g/mol. The molecular weight excluding hydrogens is 173 g/mol. The molecule has 0 aliphatic rings. The minimum atomic E-state index is -2.01. The minimum Gasteiger partial charge on any atom is -0.279 e. The maximum atomic E-state index is 11.2. The maximum absolute atomic E-state index is 11.2. The first-order valence-corrected chi connectivity index (χ1v) is 2.71. The lowest BCUT2D eigenvalue weighted by Gasteiger charge is -1.90. The van der Waals surface area contributed by atoms with E-state index in [1.807, 2.05) is 0 Å². The summed E-state index contributed by atoms with van der Waals surface area (Å²) >= 11 is 9.70. The van der Waals surface area contributed by atoms with E-state index in [0.29, 0.717) is 0 Å². The molecule has 0 bridgehead atoms. The van der Waals surface area contributed by atoms with Crippen molar-refractivity contribution in [1.29, 1.82) is 0 Å². The van der Waals surface area contributed by atoms with E-state index in [-0.39, 0.29) is 6.08 Å². The van der Waals surface area contributed by atoms with E-state index >= 15 is 0 Å². The highest BCUT2D eigenvalue weighted by molar-refractivity contribution is 6.69. The molecule has 0 saturated carbocycles. The molecule has 0 aliphatic heterocycles. The van der Waals surface area contributed by atoms with Crippen LogP contribution in [0.1, 0.15) is 0 Å². The van der Waals surface area contributed by atoms with Crippen molar-refractivity contribution in [3.63, 3.8) is 0 Å². The molecule has 0 saturated heterocycles. The molecule has 9 heavy (non-hydrogen) atoms. The zero-order valence-electron chi connectivity index (χ0n) is 4.07. The molecule has 0 aromatic rings. The van der Waals surface area contributed by atoms with E-state index < -0.39 is 16.7 Å². The summed E-state index contributed by atoms with van der Waals surface area (Å²) in [5, 5.41) is -2.43. The molecule has 0 heterocycles. The lowest BCUT2D eigenvalue weighted by molar-refractivity contribution is -0.110. The van der Waals surface area contributed by atoms with Crippen molar-refractivity contribution < 1.29 is 13.6 Å². The van der Waals surface area contributed by atoms with Gasteiger partial charge in [0, 0.05) is 6.08 Å². The highest BCUT2D eigenvalue weighted by Gasteiger charge is 2.09. The molecule has 0 fully saturated rings. The third kappa shape index (κ3) is 4.36. The van der Waals surface area contributed by atoms with Crippen LogP contribution in [0.4, 0.5) is 8.78 Å². The molecule has 0 rings (SSSR count). The van der Waals surface area contributed by atoms with Gasteiger partial charge in [0.1, 0.15) is 5.38 Å². The first kappa shape index (κ1) is 8.85. The van der Waals surface area contributed by atoms with Crippen molar-refractivity contribution in [2.24, 2.45) is 0 Å². The fourth-order valence-corrected chi connectivity index (χ4v) is 0.334. The van der Waals surface area contributed by atoms with Gasteiger partial charge < -0.3 is 0 Å². The Morgan fingerprint density at radius 2 is 2.00 bits per heavy atom. The van der Waals surface area contributed by atoms with Crippen LogP contribution < -0.4 is 0 Å². The maximum Gasteiger partial charge on any atom is 0.268 e. The third-order valence-electron chi connectivity index (χ3n) is 0.489. The standard InChI is InChI=1S/C4H2Cl2F2O/c5-2(4(6)9)1-3(7)8/h1-2H. The smallest absolute Gasteiger partial charge is 0.268 e. The second-order valence-corrected chi connectivity index (χ2v) is 2.00. The number of hydrogen-bond donors (Lipinski definition) is 0. The first-order chi connectivity index (χ1) is 4.04. The summed E-state index contributed by atoms with van der Waals surface area (Å²) in [4.78, 5) is 9.93. The molecule has 0 aromatic heterocycles. The van der Waals surface area contributed by atoms with Gasteiger partial charge in [0.15, 0.2) is 0 Å². The van der Waals surface area contributed by atoms with Gasteiger partial charge in [-0.15, -0.1) is 11.6 Å². The van der Waals surface area contributed by atoms with Crippen LogP contribution >= 0.6 is 23.2 Å². The summed E-state index contributed by atoms with van der Waals surface area (Å²) in [7, 11) is 0. The Balaban J connectivity index is 3.91. The van der Waals surface area contributed by atoms with Crippen LogP contribution in [0.5, 0.6) is 0 Å². The van der Waals surface area contributed by atoms with Crippen LogP contribution in [-0.2, 0) is 4.79 Å². The molecule has 0 radical (unpaired) electrons. The monoisotopic (exact) mass is 174 g/mol. The number of rotatable bonds is 2. The zero-order valence-corrected chi connectivity index (χ0v) is 5.59. The molecule has 0 amide bonds. The summed E-state index contributed by atoms with van der Waals surface area (Å²) < 4.78 is 22.4. The predicted octanol–water partition coefficient (Wildman–Crippen LogP) is 2.14. The Kier molecular flexibility index (Phi) is 3.73. The summed E-state index contributed by atoms with van der Waals surface area (Å²) in [6.07, 6.45) is -1.74. The molecule has 1 nitrogen and oxygen atoms in total. The third-order valence-corrected chi connectivity index (χ3v) is 1.16. The molecule has 5 heteroatoms. The topological polar surface area (TPSA) is 17.1 Å². The minimum absolute atomic E-state index is 0.275. The van der Waals surface area contributed by atoms with Gasteiger partial charge in [-0.05, 0) is 11.6 Å². The van der Waals surface area contributed by atoms with Gasteiger partial charge in [0.05, 0.1) is 0 Å². The van der Waals surface area contributed by atoms with Gasteiger partial charge in [-0.3, -0.25) is 4.79 Å². The summed E-state index contributed by atoms with van der Waals surface area (Å²) in [5.41, 5.74) is 0. The van der Waals surface area contributed by atoms with Crippen molar-refractivity contribution >= 4 is 28.4 Å². The second kappa shape index (κ2) is 3.80. The Hall–Kier alpha value is -0.150. The fraction of sp³-hybridized carbons (Fsp3) is 0.250. The Morgan fingerprint density at radius 3 is 2.11 bits per heavy atom. The largest absolute Gasteiger partial charge is 0.279 e. The second-order valence-electron chi connectivity index (χ2n) is 1.16. The van der Waals surface area contributed by atoms with Crippen LogP contribution in [0.15, 0.2) is 12.2 Å². The van der Waals surface area contributed by atoms with Crippen molar-refractivity contribution in [3.05, 3.63) is 12.2 Å². The van der Waals surface area contributed by atoms with E-state index in [2.05, 4.69) is 0 Å². The van der Waals surface area contributed by atoms with Crippen LogP contribution in [0.2, 0.25) is 0 Å². The van der Waals surface area contributed by atoms with Crippen molar-refractivity contribution in [3.8, 4) is 0 Å². The Morgan fingerprint density at radius 1 is 1.56 bits per heavy atom. The van der Waals surface area contributed by atoms with E-state index in [1.165, 1.54) is 0 Å². The number of alkyl halides is 1. The Labute approximate surface area is 60.2 Å². The fourth-order valence-electron chi connectivity index (χ4n) is 0.176. The number of carbonyl (C=O) groups is 1. The lowest BCUT2D eigenvalue weighted by atomic mass is 10.4. The molecule has 1 atom stereocenters. The zero-order chi connectivity index (χ0) is 7.44. The highest BCUT2D eigenvalue weighted by atomic mass is 35.5.